The van der Waals surface area contributed by atoms with Gasteiger partial charge < -0.3 is 5.73 Å². The average Bonchev–Trinajstić information content (AvgIpc) is 2.88. The number of nitrogens with two attached hydrogens (primary N) is 1. The predicted octanol–water partition coefficient (Wildman–Crippen LogP) is 3.77. The molecule has 1 aromatic heterocycles. The van der Waals surface area contributed by atoms with E-state index < -0.39 is 0 Å². The Kier molecular flexibility index (Phi) is 2.74. The largest absolute Gasteiger partial charge is 0.397 e. The molecule has 2 aromatic carbocycles. The maximum absolute atomic E-state index is 5.87. The molecular formula is C16H17N3O. The van der Waals surface area contributed by atoms with E-state index in [4.69, 9.17) is 10.4 Å². The molecule has 0 aliphatic carbocycles. The van der Waals surface area contributed by atoms with Crippen LogP contribution in [0.15, 0.2) is 41.0 Å². The number of rotatable bonds is 1. The fourth-order valence-corrected chi connectivity index (χ4v) is 2.27. The molecule has 0 amide bonds. The van der Waals surface area contributed by atoms with E-state index in [-0.39, 0.29) is 5.41 Å². The molecule has 0 atom stereocenters. The molecule has 0 unspecified atom stereocenters. The van der Waals surface area contributed by atoms with Crippen molar-refractivity contribution < 1.29 is 4.63 Å². The predicted molar refractivity (Wildman–Crippen MR) is 80.4 cm³/mol. The van der Waals surface area contributed by atoms with Gasteiger partial charge in [-0.25, -0.2) is 4.63 Å². The lowest BCUT2D eigenvalue weighted by Gasteiger charge is -2.19. The van der Waals surface area contributed by atoms with Crippen molar-refractivity contribution in [2.75, 3.05) is 5.73 Å². The molecule has 3 aromatic rings. The third-order valence-corrected chi connectivity index (χ3v) is 3.51. The van der Waals surface area contributed by atoms with Crippen LogP contribution >= 0.6 is 0 Å². The van der Waals surface area contributed by atoms with Gasteiger partial charge in [-0.05, 0) is 39.0 Å². The number of hydrogen-bond donors (Lipinski definition) is 1. The van der Waals surface area contributed by atoms with Crippen LogP contribution in [0.25, 0.3) is 22.2 Å². The van der Waals surface area contributed by atoms with Crippen LogP contribution in [-0.4, -0.2) is 10.3 Å². The third-order valence-electron chi connectivity index (χ3n) is 3.51. The summed E-state index contributed by atoms with van der Waals surface area (Å²) in [6, 6.07) is 12.3. The molecule has 0 saturated carbocycles. The van der Waals surface area contributed by atoms with Crippen molar-refractivity contribution in [3.63, 3.8) is 0 Å². The quantitative estimate of drug-likeness (QED) is 0.682. The molecule has 0 aliphatic rings. The molecule has 1 heterocycles. The lowest BCUT2D eigenvalue weighted by atomic mass is 9.86. The lowest BCUT2D eigenvalue weighted by Crippen LogP contribution is -2.10. The summed E-state index contributed by atoms with van der Waals surface area (Å²) in [7, 11) is 0. The van der Waals surface area contributed by atoms with Gasteiger partial charge in [0.2, 0.25) is 0 Å². The van der Waals surface area contributed by atoms with Crippen molar-refractivity contribution in [1.29, 1.82) is 0 Å². The monoisotopic (exact) mass is 267 g/mol. The van der Waals surface area contributed by atoms with Gasteiger partial charge in [0.15, 0.2) is 5.52 Å². The van der Waals surface area contributed by atoms with Crippen molar-refractivity contribution >= 4 is 16.7 Å². The summed E-state index contributed by atoms with van der Waals surface area (Å²) in [5.41, 5.74) is 11.3. The molecule has 4 nitrogen and oxygen atoms in total. The first kappa shape index (κ1) is 12.7. The van der Waals surface area contributed by atoms with Gasteiger partial charge in [0.1, 0.15) is 5.52 Å². The zero-order valence-corrected chi connectivity index (χ0v) is 11.8. The molecule has 2 N–H and O–H groups in total. The van der Waals surface area contributed by atoms with E-state index in [2.05, 4.69) is 55.4 Å². The van der Waals surface area contributed by atoms with E-state index in [1.54, 1.807) is 0 Å². The molecule has 0 fully saturated rings. The topological polar surface area (TPSA) is 64.9 Å². The zero-order valence-electron chi connectivity index (χ0n) is 11.8. The normalized spacial score (nSPS) is 11.9. The van der Waals surface area contributed by atoms with Crippen LogP contribution in [0.2, 0.25) is 0 Å². The van der Waals surface area contributed by atoms with Gasteiger partial charge in [-0.15, -0.1) is 0 Å². The number of aromatic nitrogens is 2. The number of hydrogen-bond acceptors (Lipinski definition) is 4. The first-order valence-corrected chi connectivity index (χ1v) is 6.58. The van der Waals surface area contributed by atoms with Crippen LogP contribution < -0.4 is 5.73 Å². The highest BCUT2D eigenvalue weighted by Gasteiger charge is 2.15. The van der Waals surface area contributed by atoms with Crippen molar-refractivity contribution in [2.24, 2.45) is 0 Å². The summed E-state index contributed by atoms with van der Waals surface area (Å²) >= 11 is 0. The number of fused-ring (bicyclic) bond motifs is 1. The Morgan fingerprint density at radius 3 is 2.20 bits per heavy atom. The van der Waals surface area contributed by atoms with Gasteiger partial charge in [-0.2, -0.15) is 0 Å². The standard InChI is InChI=1S/C16H17N3O/c1-16(2,3)11-6-4-10(5-7-11)12-8-9-13(17)15-14(12)18-20-19-15/h4-9H,17H2,1-3H3. The van der Waals surface area contributed by atoms with E-state index in [1.807, 2.05) is 12.1 Å². The maximum Gasteiger partial charge on any atom is 0.158 e. The number of nitrogens with zero attached hydrogens (tertiary/aromatic N) is 2. The second-order valence-corrected chi connectivity index (χ2v) is 5.99. The van der Waals surface area contributed by atoms with Crippen LogP contribution in [0.1, 0.15) is 26.3 Å². The summed E-state index contributed by atoms with van der Waals surface area (Å²) in [6.45, 7) is 6.60. The van der Waals surface area contributed by atoms with Crippen molar-refractivity contribution in [1.82, 2.24) is 10.3 Å². The first-order chi connectivity index (χ1) is 9.47. The summed E-state index contributed by atoms with van der Waals surface area (Å²) < 4.78 is 4.81. The number of anilines is 1. The fourth-order valence-electron chi connectivity index (χ4n) is 2.27. The SMILES string of the molecule is CC(C)(C)c1ccc(-c2ccc(N)c3nonc23)cc1. The van der Waals surface area contributed by atoms with Crippen LogP contribution in [0, 0.1) is 0 Å². The van der Waals surface area contributed by atoms with Crippen LogP contribution in [0.3, 0.4) is 0 Å². The Morgan fingerprint density at radius 1 is 0.900 bits per heavy atom. The summed E-state index contributed by atoms with van der Waals surface area (Å²) in [6.07, 6.45) is 0. The molecule has 4 heteroatoms. The average molecular weight is 267 g/mol. The van der Waals surface area contributed by atoms with E-state index in [1.165, 1.54) is 5.56 Å². The Labute approximate surface area is 117 Å². The molecule has 0 radical (unpaired) electrons. The second-order valence-electron chi connectivity index (χ2n) is 5.99. The minimum Gasteiger partial charge on any atom is -0.397 e. The van der Waals surface area contributed by atoms with E-state index in [9.17, 15) is 0 Å². The Bertz CT molecular complexity index is 751. The highest BCUT2D eigenvalue weighted by atomic mass is 16.6. The Hall–Kier alpha value is -2.36. The molecule has 20 heavy (non-hydrogen) atoms. The smallest absolute Gasteiger partial charge is 0.158 e. The third kappa shape index (κ3) is 2.03. The van der Waals surface area contributed by atoms with Gasteiger partial charge in [0, 0.05) is 5.56 Å². The van der Waals surface area contributed by atoms with Crippen LogP contribution in [0.4, 0.5) is 5.69 Å². The van der Waals surface area contributed by atoms with Crippen molar-refractivity contribution in [2.45, 2.75) is 26.2 Å². The second kappa shape index (κ2) is 4.34. The maximum atomic E-state index is 5.87. The Morgan fingerprint density at radius 2 is 1.55 bits per heavy atom. The molecule has 0 saturated heterocycles. The van der Waals surface area contributed by atoms with Gasteiger partial charge in [-0.1, -0.05) is 45.0 Å². The van der Waals surface area contributed by atoms with Gasteiger partial charge in [0.05, 0.1) is 5.69 Å². The van der Waals surface area contributed by atoms with Gasteiger partial charge in [-0.3, -0.25) is 0 Å². The summed E-state index contributed by atoms with van der Waals surface area (Å²) in [5.74, 6) is 0. The minimum absolute atomic E-state index is 0.143. The van der Waals surface area contributed by atoms with Gasteiger partial charge in [0.25, 0.3) is 0 Å². The van der Waals surface area contributed by atoms with Crippen LogP contribution in [-0.2, 0) is 5.41 Å². The highest BCUT2D eigenvalue weighted by Crippen LogP contribution is 2.31. The minimum atomic E-state index is 0.143. The molecule has 0 aliphatic heterocycles. The fraction of sp³-hybridized carbons (Fsp3) is 0.250. The lowest BCUT2D eigenvalue weighted by molar-refractivity contribution is 0.315. The molecule has 0 spiro atoms. The number of nitrogen functional groups attached to an aromatic ring is 1. The van der Waals surface area contributed by atoms with Crippen LogP contribution in [0.5, 0.6) is 0 Å². The van der Waals surface area contributed by atoms with Crippen molar-refractivity contribution in [3.8, 4) is 11.1 Å². The summed E-state index contributed by atoms with van der Waals surface area (Å²) in [4.78, 5) is 0. The van der Waals surface area contributed by atoms with Crippen molar-refractivity contribution in [3.05, 3.63) is 42.0 Å². The highest BCUT2D eigenvalue weighted by molar-refractivity contribution is 5.97. The zero-order chi connectivity index (χ0) is 14.3. The number of benzene rings is 2. The molecule has 102 valence electrons. The first-order valence-electron chi connectivity index (χ1n) is 6.58. The molecule has 0 bridgehead atoms. The molecular weight excluding hydrogens is 250 g/mol. The van der Waals surface area contributed by atoms with E-state index in [0.717, 1.165) is 11.1 Å². The molecule has 3 rings (SSSR count). The van der Waals surface area contributed by atoms with E-state index >= 15 is 0 Å². The Balaban J connectivity index is 2.12. The van der Waals surface area contributed by atoms with E-state index in [0.29, 0.717) is 16.7 Å². The summed E-state index contributed by atoms with van der Waals surface area (Å²) in [5, 5.41) is 7.81. The van der Waals surface area contributed by atoms with Gasteiger partial charge >= 0.3 is 0 Å².